The molecular formula is C26H26ClN5S. The molecule has 0 saturated carbocycles. The third kappa shape index (κ3) is 4.45. The van der Waals surface area contributed by atoms with Crippen molar-refractivity contribution >= 4 is 50.8 Å². The molecule has 1 fully saturated rings. The average molecular weight is 476 g/mol. The monoisotopic (exact) mass is 475 g/mol. The third-order valence-electron chi connectivity index (χ3n) is 6.00. The molecule has 2 aromatic carbocycles. The van der Waals surface area contributed by atoms with Crippen LogP contribution in [0.2, 0.25) is 5.02 Å². The maximum Gasteiger partial charge on any atom is 0.139 e. The molecule has 0 atom stereocenters. The number of piperazine rings is 1. The molecule has 0 unspecified atom stereocenters. The van der Waals surface area contributed by atoms with Gasteiger partial charge in [-0.05, 0) is 50.4 Å². The topological polar surface area (TPSA) is 48.1 Å². The molecule has 3 heterocycles. The lowest BCUT2D eigenvalue weighted by atomic mass is 10.2. The van der Waals surface area contributed by atoms with E-state index in [2.05, 4.69) is 64.8 Å². The van der Waals surface area contributed by atoms with Crippen LogP contribution in [0.3, 0.4) is 0 Å². The molecular weight excluding hydrogens is 450 g/mol. The summed E-state index contributed by atoms with van der Waals surface area (Å²) >= 11 is 7.94. The largest absolute Gasteiger partial charge is 0.398 e. The van der Waals surface area contributed by atoms with Crippen molar-refractivity contribution in [2.45, 2.75) is 6.92 Å². The molecule has 0 radical (unpaired) electrons. The molecule has 3 aromatic rings. The van der Waals surface area contributed by atoms with Crippen LogP contribution in [0.4, 0.5) is 22.1 Å². The highest BCUT2D eigenvalue weighted by Gasteiger charge is 2.29. The number of amidine groups is 1. The second-order valence-corrected chi connectivity index (χ2v) is 10.1. The molecule has 5 rings (SSSR count). The molecule has 2 aliphatic heterocycles. The van der Waals surface area contributed by atoms with Crippen LogP contribution in [-0.4, -0.2) is 55.4 Å². The molecule has 0 bridgehead atoms. The van der Waals surface area contributed by atoms with Crippen LogP contribution in [0.1, 0.15) is 16.0 Å². The first-order chi connectivity index (χ1) is 16.0. The first-order valence-corrected chi connectivity index (χ1v) is 12.2. The molecule has 5 nitrogen and oxygen atoms in total. The number of para-hydroxylation sites is 2. The van der Waals surface area contributed by atoms with Crippen molar-refractivity contribution in [2.75, 3.05) is 50.4 Å². The summed E-state index contributed by atoms with van der Waals surface area (Å²) < 4.78 is 0. The van der Waals surface area contributed by atoms with Gasteiger partial charge in [0.1, 0.15) is 10.8 Å². The number of nitrogen functional groups attached to an aromatic ring is 1. The lowest BCUT2D eigenvalue weighted by molar-refractivity contribution is 0.216. The standard InChI is InChI=1S/C26H26ClN5S/c1-18-16-21-25(31-14-12-30(2)13-15-31)29-23-7-3-4-8-24(23)32(26(21)33-18)11-5-6-19-17-20(27)9-10-22(19)28/h3-4,7-10,16-17H,11-15,28H2,1-2H3. The van der Waals surface area contributed by atoms with E-state index < -0.39 is 0 Å². The molecule has 2 N–H and O–H groups in total. The fourth-order valence-corrected chi connectivity index (χ4v) is 5.39. The molecule has 7 heteroatoms. The number of nitrogens with two attached hydrogens (primary N) is 1. The smallest absolute Gasteiger partial charge is 0.139 e. The van der Waals surface area contributed by atoms with Crippen molar-refractivity contribution < 1.29 is 0 Å². The van der Waals surface area contributed by atoms with Crippen LogP contribution in [0, 0.1) is 18.8 Å². The van der Waals surface area contributed by atoms with Gasteiger partial charge in [0.15, 0.2) is 0 Å². The summed E-state index contributed by atoms with van der Waals surface area (Å²) in [5.74, 6) is 7.61. The molecule has 168 valence electrons. The summed E-state index contributed by atoms with van der Waals surface area (Å²) in [6, 6.07) is 16.0. The Morgan fingerprint density at radius 1 is 1.09 bits per heavy atom. The predicted molar refractivity (Wildman–Crippen MR) is 141 cm³/mol. The van der Waals surface area contributed by atoms with E-state index in [1.165, 1.54) is 15.4 Å². The summed E-state index contributed by atoms with van der Waals surface area (Å²) in [4.78, 5) is 13.5. The fourth-order valence-electron chi connectivity index (χ4n) is 4.20. The Labute approximate surface area is 204 Å². The number of benzene rings is 2. The SMILES string of the molecule is Cc1cc2c(s1)N(CC#Cc1cc(Cl)ccc1N)c1ccccc1N=C2N1CCN(C)CC1. The lowest BCUT2D eigenvalue weighted by Crippen LogP contribution is -2.47. The Morgan fingerprint density at radius 2 is 1.88 bits per heavy atom. The Balaban J connectivity index is 1.56. The zero-order chi connectivity index (χ0) is 22.9. The van der Waals surface area contributed by atoms with Crippen LogP contribution >= 0.6 is 22.9 Å². The van der Waals surface area contributed by atoms with E-state index in [-0.39, 0.29) is 0 Å². The van der Waals surface area contributed by atoms with Crippen molar-refractivity contribution in [2.24, 2.45) is 4.99 Å². The van der Waals surface area contributed by atoms with E-state index in [9.17, 15) is 0 Å². The number of anilines is 3. The Morgan fingerprint density at radius 3 is 2.70 bits per heavy atom. The van der Waals surface area contributed by atoms with Crippen molar-refractivity contribution in [3.8, 4) is 11.8 Å². The minimum atomic E-state index is 0.529. The summed E-state index contributed by atoms with van der Waals surface area (Å²) in [5.41, 5.74) is 10.7. The zero-order valence-electron chi connectivity index (χ0n) is 18.8. The number of thiophene rings is 1. The Hall–Kier alpha value is -2.98. The van der Waals surface area contributed by atoms with E-state index in [0.717, 1.165) is 49.0 Å². The van der Waals surface area contributed by atoms with Gasteiger partial charge < -0.3 is 20.4 Å². The Kier molecular flexibility index (Phi) is 6.03. The average Bonchev–Trinajstić information content (AvgIpc) is 3.14. The maximum atomic E-state index is 6.15. The number of rotatable bonds is 1. The van der Waals surface area contributed by atoms with E-state index >= 15 is 0 Å². The highest BCUT2D eigenvalue weighted by atomic mass is 35.5. The minimum absolute atomic E-state index is 0.529. The van der Waals surface area contributed by atoms with E-state index in [0.29, 0.717) is 17.3 Å². The van der Waals surface area contributed by atoms with Gasteiger partial charge in [-0.25, -0.2) is 4.99 Å². The molecule has 1 aromatic heterocycles. The van der Waals surface area contributed by atoms with Gasteiger partial charge in [-0.15, -0.1) is 11.3 Å². The third-order valence-corrected chi connectivity index (χ3v) is 7.31. The first-order valence-electron chi connectivity index (χ1n) is 11.0. The second kappa shape index (κ2) is 9.11. The number of hydrogen-bond donors (Lipinski definition) is 1. The van der Waals surface area contributed by atoms with E-state index in [1.54, 1.807) is 23.5 Å². The summed E-state index contributed by atoms with van der Waals surface area (Å²) in [5, 5.41) is 1.82. The van der Waals surface area contributed by atoms with Crippen LogP contribution in [0.15, 0.2) is 53.5 Å². The predicted octanol–water partition coefficient (Wildman–Crippen LogP) is 5.12. The number of aliphatic imine (C=N–C) groups is 1. The highest BCUT2D eigenvalue weighted by Crippen LogP contribution is 2.43. The number of halogens is 1. The quantitative estimate of drug-likeness (QED) is 0.392. The van der Waals surface area contributed by atoms with Crippen LogP contribution < -0.4 is 10.6 Å². The highest BCUT2D eigenvalue weighted by molar-refractivity contribution is 7.16. The molecule has 0 amide bonds. The van der Waals surface area contributed by atoms with Gasteiger partial charge in [-0.1, -0.05) is 35.6 Å². The minimum Gasteiger partial charge on any atom is -0.398 e. The van der Waals surface area contributed by atoms with Gasteiger partial charge in [-0.2, -0.15) is 0 Å². The first kappa shape index (κ1) is 21.8. The van der Waals surface area contributed by atoms with E-state index in [4.69, 9.17) is 22.3 Å². The molecule has 33 heavy (non-hydrogen) atoms. The second-order valence-electron chi connectivity index (χ2n) is 8.41. The van der Waals surface area contributed by atoms with Gasteiger partial charge in [0.05, 0.1) is 23.5 Å². The van der Waals surface area contributed by atoms with Gasteiger partial charge in [0, 0.05) is 47.3 Å². The van der Waals surface area contributed by atoms with Crippen LogP contribution in [0.25, 0.3) is 0 Å². The molecule has 2 aliphatic rings. The number of likely N-dealkylation sites (N-methyl/N-ethyl adjacent to an activating group) is 1. The number of nitrogens with zero attached hydrogens (tertiary/aromatic N) is 4. The number of fused-ring (bicyclic) bond motifs is 2. The fraction of sp³-hybridized carbons (Fsp3) is 0.269. The number of aryl methyl sites for hydroxylation is 1. The Bertz CT molecular complexity index is 1280. The van der Waals surface area contributed by atoms with Gasteiger partial charge in [0.25, 0.3) is 0 Å². The van der Waals surface area contributed by atoms with Crippen LogP contribution in [-0.2, 0) is 0 Å². The van der Waals surface area contributed by atoms with Crippen LogP contribution in [0.5, 0.6) is 0 Å². The molecule has 1 saturated heterocycles. The normalized spacial score (nSPS) is 15.8. The van der Waals surface area contributed by atoms with Crippen molar-refractivity contribution in [3.05, 3.63) is 69.6 Å². The van der Waals surface area contributed by atoms with Crippen molar-refractivity contribution in [3.63, 3.8) is 0 Å². The van der Waals surface area contributed by atoms with Crippen molar-refractivity contribution in [1.29, 1.82) is 0 Å². The summed E-state index contributed by atoms with van der Waals surface area (Å²) in [6.45, 7) is 6.70. The van der Waals surface area contributed by atoms with Gasteiger partial charge in [0.2, 0.25) is 0 Å². The van der Waals surface area contributed by atoms with Gasteiger partial charge >= 0.3 is 0 Å². The molecule has 0 spiro atoms. The van der Waals surface area contributed by atoms with Gasteiger partial charge in [-0.3, -0.25) is 0 Å². The van der Waals surface area contributed by atoms with Crippen molar-refractivity contribution in [1.82, 2.24) is 9.80 Å². The van der Waals surface area contributed by atoms with E-state index in [1.807, 2.05) is 12.1 Å². The molecule has 0 aliphatic carbocycles. The summed E-state index contributed by atoms with van der Waals surface area (Å²) in [7, 11) is 2.18. The lowest BCUT2D eigenvalue weighted by Gasteiger charge is -2.34. The number of hydrogen-bond acceptors (Lipinski definition) is 6. The zero-order valence-corrected chi connectivity index (χ0v) is 20.4. The summed E-state index contributed by atoms with van der Waals surface area (Å²) in [6.07, 6.45) is 0. The maximum absolute atomic E-state index is 6.15.